The molecule has 1 aromatic rings. The molecule has 1 N–H and O–H groups in total. The van der Waals surface area contributed by atoms with Crippen LogP contribution in [0.2, 0.25) is 5.02 Å². The maximum atomic E-state index is 12.1. The largest absolute Gasteiger partial charge is 0.495 e. The summed E-state index contributed by atoms with van der Waals surface area (Å²) in [6.07, 6.45) is 1.59. The van der Waals surface area contributed by atoms with Crippen LogP contribution < -0.4 is 10.1 Å². The Labute approximate surface area is 136 Å². The van der Waals surface area contributed by atoms with Gasteiger partial charge in [0.15, 0.2) is 0 Å². The normalized spacial score (nSPS) is 10.2. The molecule has 0 radical (unpaired) electrons. The van der Waals surface area contributed by atoms with Gasteiger partial charge in [-0.05, 0) is 31.0 Å². The number of carbonyl (C=O) groups is 2. The lowest BCUT2D eigenvalue weighted by Gasteiger charge is -2.21. The molecule has 0 aliphatic heterocycles. The summed E-state index contributed by atoms with van der Waals surface area (Å²) in [5.74, 6) is 0.0389. The highest BCUT2D eigenvalue weighted by molar-refractivity contribution is 6.32. The third kappa shape index (κ3) is 5.56. The van der Waals surface area contributed by atoms with E-state index in [-0.39, 0.29) is 18.2 Å². The van der Waals surface area contributed by atoms with Crippen molar-refractivity contribution >= 4 is 29.1 Å². The molecule has 0 aliphatic carbocycles. The van der Waals surface area contributed by atoms with Gasteiger partial charge in [-0.15, -0.1) is 0 Å². The summed E-state index contributed by atoms with van der Waals surface area (Å²) < 4.78 is 5.05. The van der Waals surface area contributed by atoms with Crippen molar-refractivity contribution in [3.05, 3.63) is 23.2 Å². The predicted molar refractivity (Wildman–Crippen MR) is 88.4 cm³/mol. The molecule has 0 fully saturated rings. The lowest BCUT2D eigenvalue weighted by molar-refractivity contribution is -0.134. The van der Waals surface area contributed by atoms with Crippen LogP contribution in [0.5, 0.6) is 5.75 Å². The van der Waals surface area contributed by atoms with E-state index in [2.05, 4.69) is 5.32 Å². The van der Waals surface area contributed by atoms with Gasteiger partial charge < -0.3 is 15.0 Å². The number of anilines is 1. The number of ether oxygens (including phenoxy) is 1. The van der Waals surface area contributed by atoms with Crippen LogP contribution in [0.25, 0.3) is 0 Å². The van der Waals surface area contributed by atoms with Crippen LogP contribution in [0.15, 0.2) is 18.2 Å². The summed E-state index contributed by atoms with van der Waals surface area (Å²) in [5.41, 5.74) is 0.543. The van der Waals surface area contributed by atoms with Crippen molar-refractivity contribution in [2.75, 3.05) is 25.5 Å². The molecule has 0 spiro atoms. The van der Waals surface area contributed by atoms with Crippen molar-refractivity contribution in [3.8, 4) is 5.75 Å². The number of nitrogens with one attached hydrogen (secondary N) is 1. The SMILES string of the molecule is CCCN(CCC)C(=O)CC(=O)Nc1ccc(OC)c(Cl)c1. The van der Waals surface area contributed by atoms with Crippen molar-refractivity contribution in [2.45, 2.75) is 33.1 Å². The first kappa shape index (κ1) is 18.3. The average molecular weight is 327 g/mol. The van der Waals surface area contributed by atoms with Gasteiger partial charge in [0.05, 0.1) is 12.1 Å². The third-order valence-electron chi connectivity index (χ3n) is 3.09. The minimum absolute atomic E-state index is 0.152. The van der Waals surface area contributed by atoms with E-state index < -0.39 is 0 Å². The number of hydrogen-bond donors (Lipinski definition) is 1. The second kappa shape index (κ2) is 9.30. The lowest BCUT2D eigenvalue weighted by atomic mass is 10.2. The molecule has 0 atom stereocenters. The summed E-state index contributed by atoms with van der Waals surface area (Å²) in [4.78, 5) is 25.8. The van der Waals surface area contributed by atoms with Crippen molar-refractivity contribution in [3.63, 3.8) is 0 Å². The molecule has 0 unspecified atom stereocenters. The fourth-order valence-corrected chi connectivity index (χ4v) is 2.36. The zero-order chi connectivity index (χ0) is 16.5. The van der Waals surface area contributed by atoms with Gasteiger partial charge in [0.1, 0.15) is 12.2 Å². The fraction of sp³-hybridized carbons (Fsp3) is 0.500. The van der Waals surface area contributed by atoms with Gasteiger partial charge in [0.25, 0.3) is 0 Å². The van der Waals surface area contributed by atoms with E-state index in [0.29, 0.717) is 29.5 Å². The van der Waals surface area contributed by atoms with E-state index in [4.69, 9.17) is 16.3 Å². The molecule has 0 aliphatic rings. The van der Waals surface area contributed by atoms with Crippen molar-refractivity contribution < 1.29 is 14.3 Å². The average Bonchev–Trinajstić information content (AvgIpc) is 2.47. The second-order valence-electron chi connectivity index (χ2n) is 4.96. The summed E-state index contributed by atoms with van der Waals surface area (Å²) in [5, 5.41) is 3.09. The van der Waals surface area contributed by atoms with E-state index in [0.717, 1.165) is 12.8 Å². The fourth-order valence-electron chi connectivity index (χ4n) is 2.10. The van der Waals surface area contributed by atoms with Crippen LogP contribution in [0.1, 0.15) is 33.1 Å². The van der Waals surface area contributed by atoms with E-state index in [1.807, 2.05) is 13.8 Å². The van der Waals surface area contributed by atoms with Gasteiger partial charge in [-0.3, -0.25) is 9.59 Å². The van der Waals surface area contributed by atoms with Crippen molar-refractivity contribution in [1.29, 1.82) is 0 Å². The minimum atomic E-state index is -0.344. The number of halogens is 1. The molecule has 0 saturated carbocycles. The molecule has 2 amide bonds. The Morgan fingerprint density at radius 3 is 2.36 bits per heavy atom. The molecule has 5 nitrogen and oxygen atoms in total. The first-order valence-electron chi connectivity index (χ1n) is 7.43. The maximum absolute atomic E-state index is 12.1. The van der Waals surface area contributed by atoms with Crippen LogP contribution in [-0.4, -0.2) is 36.9 Å². The number of amides is 2. The monoisotopic (exact) mass is 326 g/mol. The highest BCUT2D eigenvalue weighted by Gasteiger charge is 2.16. The topological polar surface area (TPSA) is 58.6 Å². The summed E-state index contributed by atoms with van der Waals surface area (Å²) in [7, 11) is 1.52. The number of hydrogen-bond acceptors (Lipinski definition) is 3. The molecule has 0 bridgehead atoms. The van der Waals surface area contributed by atoms with Crippen LogP contribution in [-0.2, 0) is 9.59 Å². The molecule has 0 aromatic heterocycles. The summed E-state index contributed by atoms with van der Waals surface area (Å²) >= 11 is 6.00. The number of methoxy groups -OCH3 is 1. The predicted octanol–water partition coefficient (Wildman–Crippen LogP) is 3.33. The van der Waals surface area contributed by atoms with Crippen molar-refractivity contribution in [1.82, 2.24) is 4.90 Å². The van der Waals surface area contributed by atoms with Gasteiger partial charge in [0, 0.05) is 18.8 Å². The molecule has 1 rings (SSSR count). The Morgan fingerprint density at radius 1 is 1.23 bits per heavy atom. The Morgan fingerprint density at radius 2 is 1.86 bits per heavy atom. The number of benzene rings is 1. The van der Waals surface area contributed by atoms with Crippen LogP contribution in [0.4, 0.5) is 5.69 Å². The van der Waals surface area contributed by atoms with E-state index in [1.165, 1.54) is 7.11 Å². The third-order valence-corrected chi connectivity index (χ3v) is 3.38. The molecule has 0 saturated heterocycles. The van der Waals surface area contributed by atoms with Crippen LogP contribution in [0, 0.1) is 0 Å². The summed E-state index contributed by atoms with van der Waals surface area (Å²) in [6.45, 7) is 5.37. The molecule has 22 heavy (non-hydrogen) atoms. The standard InChI is InChI=1S/C16H23ClN2O3/c1-4-8-19(9-5-2)16(21)11-15(20)18-12-6-7-14(22-3)13(17)10-12/h6-7,10H,4-5,8-9,11H2,1-3H3,(H,18,20). The smallest absolute Gasteiger partial charge is 0.233 e. The lowest BCUT2D eigenvalue weighted by Crippen LogP contribution is -2.35. The van der Waals surface area contributed by atoms with Crippen LogP contribution >= 0.6 is 11.6 Å². The van der Waals surface area contributed by atoms with E-state index >= 15 is 0 Å². The molecule has 1 aromatic carbocycles. The quantitative estimate of drug-likeness (QED) is 0.745. The highest BCUT2D eigenvalue weighted by atomic mass is 35.5. The second-order valence-corrected chi connectivity index (χ2v) is 5.36. The molecular formula is C16H23ClN2O3. The molecular weight excluding hydrogens is 304 g/mol. The van der Waals surface area contributed by atoms with Crippen molar-refractivity contribution in [2.24, 2.45) is 0 Å². The Hall–Kier alpha value is -1.75. The molecule has 122 valence electrons. The Kier molecular flexibility index (Phi) is 7.74. The number of carbonyl (C=O) groups excluding carboxylic acids is 2. The van der Waals surface area contributed by atoms with Gasteiger partial charge in [0.2, 0.25) is 11.8 Å². The number of rotatable bonds is 8. The van der Waals surface area contributed by atoms with Gasteiger partial charge in [-0.25, -0.2) is 0 Å². The first-order valence-corrected chi connectivity index (χ1v) is 7.80. The Bertz CT molecular complexity index is 514. The molecule has 0 heterocycles. The molecule has 6 heteroatoms. The van der Waals surface area contributed by atoms with E-state index in [1.54, 1.807) is 23.1 Å². The Balaban J connectivity index is 2.61. The zero-order valence-electron chi connectivity index (χ0n) is 13.3. The van der Waals surface area contributed by atoms with Gasteiger partial charge >= 0.3 is 0 Å². The highest BCUT2D eigenvalue weighted by Crippen LogP contribution is 2.27. The maximum Gasteiger partial charge on any atom is 0.233 e. The minimum Gasteiger partial charge on any atom is -0.495 e. The van der Waals surface area contributed by atoms with Crippen LogP contribution in [0.3, 0.4) is 0 Å². The van der Waals surface area contributed by atoms with Gasteiger partial charge in [-0.2, -0.15) is 0 Å². The number of nitrogens with zero attached hydrogens (tertiary/aromatic N) is 1. The zero-order valence-corrected chi connectivity index (χ0v) is 14.1. The van der Waals surface area contributed by atoms with Gasteiger partial charge in [-0.1, -0.05) is 25.4 Å². The van der Waals surface area contributed by atoms with E-state index in [9.17, 15) is 9.59 Å². The summed E-state index contributed by atoms with van der Waals surface area (Å²) in [6, 6.07) is 4.95. The first-order chi connectivity index (χ1) is 10.5.